The number of hydrogen-bond acceptors (Lipinski definition) is 4. The number of piperazine rings is 1. The van der Waals surface area contributed by atoms with Gasteiger partial charge >= 0.3 is 0 Å². The monoisotopic (exact) mass is 360 g/mol. The summed E-state index contributed by atoms with van der Waals surface area (Å²) in [4.78, 5) is 4.74. The van der Waals surface area contributed by atoms with E-state index in [4.69, 9.17) is 16.3 Å². The number of aliphatic hydroxyl groups excluding tert-OH is 1. The minimum atomic E-state index is -0.469. The Hall–Kier alpha value is -1.59. The fourth-order valence-electron chi connectivity index (χ4n) is 3.04. The molecule has 5 heteroatoms. The van der Waals surface area contributed by atoms with E-state index in [0.29, 0.717) is 13.2 Å². The first kappa shape index (κ1) is 18.2. The maximum Gasteiger partial charge on any atom is 0.119 e. The number of β-amino-alcohol motifs (C(OH)–C–C–N with tert-alkyl or cyclic N) is 1. The Morgan fingerprint density at radius 1 is 0.920 bits per heavy atom. The molecule has 0 aromatic heterocycles. The van der Waals surface area contributed by atoms with Crippen LogP contribution in [0, 0.1) is 0 Å². The van der Waals surface area contributed by atoms with Crippen molar-refractivity contribution in [3.8, 4) is 5.75 Å². The molecule has 0 unspecified atom stereocenters. The molecule has 134 valence electrons. The molecule has 1 N–H and O–H groups in total. The van der Waals surface area contributed by atoms with Gasteiger partial charge in [0.25, 0.3) is 0 Å². The van der Waals surface area contributed by atoms with E-state index >= 15 is 0 Å². The first-order valence-electron chi connectivity index (χ1n) is 8.74. The molecule has 0 amide bonds. The van der Waals surface area contributed by atoms with Crippen LogP contribution in [0.1, 0.15) is 5.56 Å². The number of aliphatic hydroxyl groups is 1. The summed E-state index contributed by atoms with van der Waals surface area (Å²) >= 11 is 5.93. The first-order valence-corrected chi connectivity index (χ1v) is 9.12. The highest BCUT2D eigenvalue weighted by molar-refractivity contribution is 6.30. The van der Waals surface area contributed by atoms with Crippen molar-refractivity contribution in [3.05, 3.63) is 65.2 Å². The SMILES string of the molecule is O[C@H](COc1ccccc1)CN1CCN(Cc2ccc(Cl)cc2)CC1. The van der Waals surface area contributed by atoms with Crippen molar-refractivity contribution in [2.24, 2.45) is 0 Å². The molecule has 1 aliphatic heterocycles. The van der Waals surface area contributed by atoms with Crippen LogP contribution < -0.4 is 4.74 Å². The lowest BCUT2D eigenvalue weighted by molar-refractivity contribution is 0.0446. The molecule has 0 spiro atoms. The summed E-state index contributed by atoms with van der Waals surface area (Å²) in [6.07, 6.45) is -0.469. The van der Waals surface area contributed by atoms with Crippen molar-refractivity contribution < 1.29 is 9.84 Å². The zero-order valence-electron chi connectivity index (χ0n) is 14.4. The number of hydrogen-bond donors (Lipinski definition) is 1. The maximum absolute atomic E-state index is 10.2. The van der Waals surface area contributed by atoms with Gasteiger partial charge in [-0.25, -0.2) is 0 Å². The Kier molecular flexibility index (Phi) is 6.70. The van der Waals surface area contributed by atoms with Gasteiger partial charge in [0.1, 0.15) is 18.5 Å². The summed E-state index contributed by atoms with van der Waals surface area (Å²) in [7, 11) is 0. The molecule has 0 aliphatic carbocycles. The lowest BCUT2D eigenvalue weighted by Crippen LogP contribution is -2.48. The van der Waals surface area contributed by atoms with E-state index in [1.54, 1.807) is 0 Å². The molecule has 1 aliphatic rings. The Labute approximate surface area is 154 Å². The van der Waals surface area contributed by atoms with E-state index in [-0.39, 0.29) is 0 Å². The fourth-order valence-corrected chi connectivity index (χ4v) is 3.16. The average Bonchev–Trinajstić information content (AvgIpc) is 2.64. The van der Waals surface area contributed by atoms with Crippen LogP contribution >= 0.6 is 11.6 Å². The van der Waals surface area contributed by atoms with Crippen LogP contribution in [0.2, 0.25) is 5.02 Å². The van der Waals surface area contributed by atoms with Gasteiger partial charge < -0.3 is 9.84 Å². The molecule has 1 saturated heterocycles. The quantitative estimate of drug-likeness (QED) is 0.823. The molecule has 4 nitrogen and oxygen atoms in total. The molecule has 0 bridgehead atoms. The lowest BCUT2D eigenvalue weighted by Gasteiger charge is -2.35. The molecule has 0 radical (unpaired) electrons. The number of ether oxygens (including phenoxy) is 1. The smallest absolute Gasteiger partial charge is 0.119 e. The summed E-state index contributed by atoms with van der Waals surface area (Å²) in [6, 6.07) is 17.7. The topological polar surface area (TPSA) is 35.9 Å². The number of nitrogens with zero attached hydrogens (tertiary/aromatic N) is 2. The molecule has 0 saturated carbocycles. The largest absolute Gasteiger partial charge is 0.491 e. The maximum atomic E-state index is 10.2. The van der Waals surface area contributed by atoms with Gasteiger partial charge in [0.05, 0.1) is 0 Å². The first-order chi connectivity index (χ1) is 12.2. The van der Waals surface area contributed by atoms with Gasteiger partial charge in [-0.1, -0.05) is 41.9 Å². The number of benzene rings is 2. The van der Waals surface area contributed by atoms with E-state index in [1.165, 1.54) is 5.56 Å². The van der Waals surface area contributed by atoms with E-state index in [2.05, 4.69) is 21.9 Å². The van der Waals surface area contributed by atoms with Crippen molar-refractivity contribution in [1.29, 1.82) is 0 Å². The minimum Gasteiger partial charge on any atom is -0.491 e. The number of para-hydroxylation sites is 1. The third kappa shape index (κ3) is 6.01. The molecule has 25 heavy (non-hydrogen) atoms. The summed E-state index contributed by atoms with van der Waals surface area (Å²) in [5.74, 6) is 0.800. The zero-order chi connectivity index (χ0) is 17.5. The minimum absolute atomic E-state index is 0.328. The van der Waals surface area contributed by atoms with Gasteiger partial charge in [-0.05, 0) is 29.8 Å². The van der Waals surface area contributed by atoms with Crippen LogP contribution in [-0.2, 0) is 6.54 Å². The molecule has 1 fully saturated rings. The van der Waals surface area contributed by atoms with Gasteiger partial charge in [0.2, 0.25) is 0 Å². The molecular formula is C20H25ClN2O2. The van der Waals surface area contributed by atoms with Gasteiger partial charge in [-0.3, -0.25) is 9.80 Å². The standard InChI is InChI=1S/C20H25ClN2O2/c21-18-8-6-17(7-9-18)14-22-10-12-23(13-11-22)15-19(24)16-25-20-4-2-1-3-5-20/h1-9,19,24H,10-16H2/t19-/m0/s1. The Bertz CT molecular complexity index is 628. The van der Waals surface area contributed by atoms with Gasteiger partial charge in [-0.2, -0.15) is 0 Å². The van der Waals surface area contributed by atoms with Crippen LogP contribution in [0.25, 0.3) is 0 Å². The van der Waals surface area contributed by atoms with Crippen molar-refractivity contribution >= 4 is 11.6 Å². The van der Waals surface area contributed by atoms with Gasteiger partial charge in [0.15, 0.2) is 0 Å². The van der Waals surface area contributed by atoms with Crippen molar-refractivity contribution in [1.82, 2.24) is 9.80 Å². The molecular weight excluding hydrogens is 336 g/mol. The Morgan fingerprint density at radius 3 is 2.24 bits per heavy atom. The third-order valence-corrected chi connectivity index (χ3v) is 4.69. The second kappa shape index (κ2) is 9.20. The van der Waals surface area contributed by atoms with E-state index < -0.39 is 6.10 Å². The van der Waals surface area contributed by atoms with Crippen molar-refractivity contribution in [2.75, 3.05) is 39.3 Å². The lowest BCUT2D eigenvalue weighted by atomic mass is 10.2. The number of halogens is 1. The molecule has 3 rings (SSSR count). The average molecular weight is 361 g/mol. The summed E-state index contributed by atoms with van der Waals surface area (Å²) in [5, 5.41) is 11.0. The van der Waals surface area contributed by atoms with Gasteiger partial charge in [-0.15, -0.1) is 0 Å². The molecule has 1 atom stereocenters. The zero-order valence-corrected chi connectivity index (χ0v) is 15.1. The summed E-state index contributed by atoms with van der Waals surface area (Å²) < 4.78 is 5.62. The predicted molar refractivity (Wildman–Crippen MR) is 101 cm³/mol. The summed E-state index contributed by atoms with van der Waals surface area (Å²) in [6.45, 7) is 5.89. The van der Waals surface area contributed by atoms with Crippen LogP contribution in [-0.4, -0.2) is 60.3 Å². The Balaban J connectivity index is 1.36. The molecule has 2 aromatic rings. The predicted octanol–water partition coefficient (Wildman–Crippen LogP) is 2.90. The van der Waals surface area contributed by atoms with E-state index in [0.717, 1.165) is 43.5 Å². The van der Waals surface area contributed by atoms with Crippen LogP contribution in [0.4, 0.5) is 0 Å². The number of rotatable bonds is 7. The summed E-state index contributed by atoms with van der Waals surface area (Å²) in [5.41, 5.74) is 1.29. The van der Waals surface area contributed by atoms with Crippen molar-refractivity contribution in [2.45, 2.75) is 12.6 Å². The highest BCUT2D eigenvalue weighted by atomic mass is 35.5. The van der Waals surface area contributed by atoms with Crippen LogP contribution in [0.5, 0.6) is 5.75 Å². The Morgan fingerprint density at radius 2 is 1.56 bits per heavy atom. The second-order valence-corrected chi connectivity index (χ2v) is 6.92. The van der Waals surface area contributed by atoms with Crippen LogP contribution in [0.3, 0.4) is 0 Å². The fraction of sp³-hybridized carbons (Fsp3) is 0.400. The van der Waals surface area contributed by atoms with E-state index in [9.17, 15) is 5.11 Å². The van der Waals surface area contributed by atoms with Crippen LogP contribution in [0.15, 0.2) is 54.6 Å². The second-order valence-electron chi connectivity index (χ2n) is 6.48. The third-order valence-electron chi connectivity index (χ3n) is 4.44. The molecule has 2 aromatic carbocycles. The highest BCUT2D eigenvalue weighted by Crippen LogP contribution is 2.13. The van der Waals surface area contributed by atoms with E-state index in [1.807, 2.05) is 42.5 Å². The molecule has 1 heterocycles. The van der Waals surface area contributed by atoms with Crippen molar-refractivity contribution in [3.63, 3.8) is 0 Å². The highest BCUT2D eigenvalue weighted by Gasteiger charge is 2.19. The normalized spacial score (nSPS) is 17.4. The van der Waals surface area contributed by atoms with Gasteiger partial charge in [0, 0.05) is 44.3 Å².